The van der Waals surface area contributed by atoms with Crippen molar-refractivity contribution in [3.05, 3.63) is 47.2 Å². The minimum atomic E-state index is -0.621. The molecule has 22 heavy (non-hydrogen) atoms. The number of carbonyl (C=O) groups excluding carboxylic acids is 1. The number of esters is 1. The van der Waals surface area contributed by atoms with Crippen molar-refractivity contribution in [1.29, 1.82) is 0 Å². The van der Waals surface area contributed by atoms with Crippen molar-refractivity contribution >= 4 is 16.9 Å². The molecule has 0 saturated heterocycles. The number of hydrogen-bond donors (Lipinski definition) is 2. The molecule has 0 unspecified atom stereocenters. The van der Waals surface area contributed by atoms with Gasteiger partial charge in [-0.25, -0.2) is 0 Å². The fraction of sp³-hybridized carbons (Fsp3) is 0.389. The van der Waals surface area contributed by atoms with Crippen LogP contribution in [0, 0.1) is 0 Å². The summed E-state index contributed by atoms with van der Waals surface area (Å²) in [5.74, 6) is -0.350. The second kappa shape index (κ2) is 7.27. The van der Waals surface area contributed by atoms with Gasteiger partial charge < -0.3 is 15.5 Å². The standard InChI is InChI=1S/C18H24N2O2/c1-4-22-18(21)16(19)10-14-11-20-17-9-13(6-5-12(2)3)7-8-15(14)17/h5,7-9,11,16,20H,4,6,10,19H2,1-3H3/t16-/m0/s1. The van der Waals surface area contributed by atoms with Gasteiger partial charge in [0.25, 0.3) is 0 Å². The van der Waals surface area contributed by atoms with Gasteiger partial charge in [0.1, 0.15) is 6.04 Å². The van der Waals surface area contributed by atoms with Crippen LogP contribution in [0.15, 0.2) is 36.0 Å². The average Bonchev–Trinajstić information content (AvgIpc) is 2.87. The van der Waals surface area contributed by atoms with Crippen LogP contribution in [0.25, 0.3) is 10.9 Å². The third-order valence-corrected chi connectivity index (χ3v) is 3.61. The normalized spacial score (nSPS) is 12.2. The predicted octanol–water partition coefficient (Wildman–Crippen LogP) is 3.11. The van der Waals surface area contributed by atoms with E-state index in [1.165, 1.54) is 11.1 Å². The molecule has 1 aromatic carbocycles. The van der Waals surface area contributed by atoms with Crippen LogP contribution in [-0.2, 0) is 22.4 Å². The largest absolute Gasteiger partial charge is 0.465 e. The summed E-state index contributed by atoms with van der Waals surface area (Å²) in [5, 5.41) is 1.11. The summed E-state index contributed by atoms with van der Waals surface area (Å²) in [6, 6.07) is 5.74. The number of H-pyrrole nitrogens is 1. The number of nitrogens with one attached hydrogen (secondary N) is 1. The molecule has 0 bridgehead atoms. The van der Waals surface area contributed by atoms with Crippen LogP contribution in [0.2, 0.25) is 0 Å². The van der Waals surface area contributed by atoms with Crippen LogP contribution >= 0.6 is 0 Å². The zero-order chi connectivity index (χ0) is 16.1. The SMILES string of the molecule is CCOC(=O)[C@@H](N)Cc1c[nH]c2cc(CC=C(C)C)ccc12. The van der Waals surface area contributed by atoms with Crippen molar-refractivity contribution in [3.63, 3.8) is 0 Å². The topological polar surface area (TPSA) is 68.1 Å². The number of nitrogens with two attached hydrogens (primary N) is 1. The van der Waals surface area contributed by atoms with Gasteiger partial charge >= 0.3 is 5.97 Å². The molecule has 0 aliphatic carbocycles. The maximum absolute atomic E-state index is 11.6. The lowest BCUT2D eigenvalue weighted by molar-refractivity contribution is -0.144. The lowest BCUT2D eigenvalue weighted by Gasteiger charge is -2.09. The van der Waals surface area contributed by atoms with Gasteiger partial charge in [0.2, 0.25) is 0 Å². The van der Waals surface area contributed by atoms with Crippen molar-refractivity contribution in [2.75, 3.05) is 6.61 Å². The highest BCUT2D eigenvalue weighted by atomic mass is 16.5. The predicted molar refractivity (Wildman–Crippen MR) is 89.7 cm³/mol. The van der Waals surface area contributed by atoms with Crippen molar-refractivity contribution in [2.45, 2.75) is 39.7 Å². The van der Waals surface area contributed by atoms with Crippen LogP contribution in [0.1, 0.15) is 31.9 Å². The fourth-order valence-electron chi connectivity index (χ4n) is 2.42. The van der Waals surface area contributed by atoms with Gasteiger partial charge in [-0.3, -0.25) is 4.79 Å². The van der Waals surface area contributed by atoms with Crippen LogP contribution in [0.3, 0.4) is 0 Å². The molecule has 4 heteroatoms. The second-order valence-corrected chi connectivity index (χ2v) is 5.74. The summed E-state index contributed by atoms with van der Waals surface area (Å²) in [7, 11) is 0. The monoisotopic (exact) mass is 300 g/mol. The van der Waals surface area contributed by atoms with Crippen molar-refractivity contribution in [1.82, 2.24) is 4.98 Å². The molecular formula is C18H24N2O2. The highest BCUT2D eigenvalue weighted by Crippen LogP contribution is 2.21. The Morgan fingerprint density at radius 1 is 1.41 bits per heavy atom. The molecule has 0 saturated carbocycles. The summed E-state index contributed by atoms with van der Waals surface area (Å²) < 4.78 is 4.96. The van der Waals surface area contributed by atoms with Crippen LogP contribution in [0.4, 0.5) is 0 Å². The van der Waals surface area contributed by atoms with E-state index < -0.39 is 6.04 Å². The first-order chi connectivity index (χ1) is 10.5. The number of fused-ring (bicyclic) bond motifs is 1. The second-order valence-electron chi connectivity index (χ2n) is 5.74. The molecular weight excluding hydrogens is 276 g/mol. The van der Waals surface area contributed by atoms with E-state index in [1.54, 1.807) is 6.92 Å². The zero-order valence-corrected chi connectivity index (χ0v) is 13.5. The first-order valence-electron chi connectivity index (χ1n) is 7.65. The molecule has 118 valence electrons. The van der Waals surface area contributed by atoms with Crippen molar-refractivity contribution in [2.24, 2.45) is 5.73 Å². The van der Waals surface area contributed by atoms with Gasteiger partial charge in [-0.15, -0.1) is 0 Å². The summed E-state index contributed by atoms with van der Waals surface area (Å²) in [6.45, 7) is 6.34. The molecule has 0 fully saturated rings. The van der Waals surface area contributed by atoms with Gasteiger partial charge in [-0.1, -0.05) is 23.8 Å². The lowest BCUT2D eigenvalue weighted by Crippen LogP contribution is -2.34. The summed E-state index contributed by atoms with van der Waals surface area (Å²) in [6.07, 6.45) is 5.54. The van der Waals surface area contributed by atoms with Gasteiger partial charge in [-0.2, -0.15) is 0 Å². The zero-order valence-electron chi connectivity index (χ0n) is 13.5. The molecule has 0 spiro atoms. The van der Waals surface area contributed by atoms with Gasteiger partial charge in [0, 0.05) is 23.5 Å². The third-order valence-electron chi connectivity index (χ3n) is 3.61. The van der Waals surface area contributed by atoms with Gasteiger partial charge in [0.15, 0.2) is 0 Å². The molecule has 0 aliphatic heterocycles. The van der Waals surface area contributed by atoms with E-state index in [9.17, 15) is 4.79 Å². The number of rotatable bonds is 6. The number of carbonyl (C=O) groups is 1. The van der Waals surface area contributed by atoms with Crippen molar-refractivity contribution < 1.29 is 9.53 Å². The smallest absolute Gasteiger partial charge is 0.323 e. The third kappa shape index (κ3) is 3.98. The number of ether oxygens (including phenoxy) is 1. The Morgan fingerprint density at radius 3 is 2.86 bits per heavy atom. The quantitative estimate of drug-likeness (QED) is 0.636. The van der Waals surface area contributed by atoms with E-state index in [-0.39, 0.29) is 5.97 Å². The minimum Gasteiger partial charge on any atom is -0.465 e. The summed E-state index contributed by atoms with van der Waals surface area (Å²) >= 11 is 0. The molecule has 2 aromatic rings. The van der Waals surface area contributed by atoms with Crippen molar-refractivity contribution in [3.8, 4) is 0 Å². The molecule has 1 aromatic heterocycles. The molecule has 1 atom stereocenters. The molecule has 1 heterocycles. The number of hydrogen-bond acceptors (Lipinski definition) is 3. The van der Waals surface area contributed by atoms with E-state index in [0.717, 1.165) is 22.9 Å². The molecule has 4 nitrogen and oxygen atoms in total. The van der Waals surface area contributed by atoms with Crippen LogP contribution in [0.5, 0.6) is 0 Å². The van der Waals surface area contributed by atoms with Crippen LogP contribution < -0.4 is 5.73 Å². The number of aromatic nitrogens is 1. The Bertz CT molecular complexity index is 681. The van der Waals surface area contributed by atoms with E-state index in [1.807, 2.05) is 6.20 Å². The van der Waals surface area contributed by atoms with Crippen LogP contribution in [-0.4, -0.2) is 23.6 Å². The molecule has 2 rings (SSSR count). The highest BCUT2D eigenvalue weighted by molar-refractivity contribution is 5.85. The average molecular weight is 300 g/mol. The van der Waals surface area contributed by atoms with E-state index >= 15 is 0 Å². The van der Waals surface area contributed by atoms with E-state index in [0.29, 0.717) is 13.0 Å². The number of benzene rings is 1. The van der Waals surface area contributed by atoms with E-state index in [2.05, 4.69) is 43.1 Å². The van der Waals surface area contributed by atoms with Gasteiger partial charge in [-0.05, 0) is 44.4 Å². The Balaban J connectivity index is 2.16. The number of aromatic amines is 1. The number of allylic oxidation sites excluding steroid dienone is 2. The first-order valence-corrected chi connectivity index (χ1v) is 7.65. The Hall–Kier alpha value is -2.07. The highest BCUT2D eigenvalue weighted by Gasteiger charge is 2.17. The summed E-state index contributed by atoms with van der Waals surface area (Å²) in [5.41, 5.74) is 10.6. The maximum atomic E-state index is 11.6. The molecule has 3 N–H and O–H groups in total. The summed E-state index contributed by atoms with van der Waals surface area (Å²) in [4.78, 5) is 14.9. The first kappa shape index (κ1) is 16.3. The Labute approximate surface area is 131 Å². The molecule has 0 radical (unpaired) electrons. The van der Waals surface area contributed by atoms with Gasteiger partial charge in [0.05, 0.1) is 6.61 Å². The van der Waals surface area contributed by atoms with E-state index in [4.69, 9.17) is 10.5 Å². The molecule has 0 aliphatic rings. The minimum absolute atomic E-state index is 0.350. The Kier molecular flexibility index (Phi) is 5.39. The Morgan fingerprint density at radius 2 is 2.18 bits per heavy atom. The fourth-order valence-corrected chi connectivity index (χ4v) is 2.42. The lowest BCUT2D eigenvalue weighted by atomic mass is 10.0. The molecule has 0 amide bonds. The maximum Gasteiger partial charge on any atom is 0.323 e.